The number of carbonyl (C=O) groups is 1. The molecule has 1 aromatic heterocycles. The zero-order valence-electron chi connectivity index (χ0n) is 11.1. The van der Waals surface area contributed by atoms with Crippen molar-refractivity contribution in [2.24, 2.45) is 0 Å². The van der Waals surface area contributed by atoms with E-state index < -0.39 is 10.8 Å². The zero-order chi connectivity index (χ0) is 14.4. The van der Waals surface area contributed by atoms with Gasteiger partial charge in [0, 0.05) is 46.8 Å². The molecule has 6 nitrogen and oxygen atoms in total. The second-order valence-corrected chi connectivity index (χ2v) is 6.02. The van der Waals surface area contributed by atoms with E-state index in [9.17, 15) is 13.8 Å². The first-order chi connectivity index (χ1) is 8.88. The number of aromatic nitrogens is 1. The Labute approximate surface area is 114 Å². The monoisotopic (exact) mass is 285 g/mol. The van der Waals surface area contributed by atoms with Crippen molar-refractivity contribution < 1.29 is 9.00 Å². The van der Waals surface area contributed by atoms with Crippen LogP contribution in [0.5, 0.6) is 0 Å². The SMILES string of the molecule is CC(CCS(C)=O)NC(=O)Cn1cc(N)ccc1=O. The Hall–Kier alpha value is -1.63. The number of hydrogen-bond acceptors (Lipinski definition) is 4. The lowest BCUT2D eigenvalue weighted by Gasteiger charge is -2.14. The highest BCUT2D eigenvalue weighted by molar-refractivity contribution is 7.84. The lowest BCUT2D eigenvalue weighted by molar-refractivity contribution is -0.122. The van der Waals surface area contributed by atoms with Gasteiger partial charge >= 0.3 is 0 Å². The van der Waals surface area contributed by atoms with Crippen LogP contribution in [0.25, 0.3) is 0 Å². The first kappa shape index (κ1) is 15.4. The second kappa shape index (κ2) is 7.08. The van der Waals surface area contributed by atoms with Crippen LogP contribution >= 0.6 is 0 Å². The Morgan fingerprint density at radius 1 is 1.53 bits per heavy atom. The molecule has 0 aliphatic rings. The summed E-state index contributed by atoms with van der Waals surface area (Å²) >= 11 is 0. The Balaban J connectivity index is 2.53. The fraction of sp³-hybridized carbons (Fsp3) is 0.500. The third-order valence-electron chi connectivity index (χ3n) is 2.57. The van der Waals surface area contributed by atoms with Gasteiger partial charge in [0.2, 0.25) is 5.91 Å². The van der Waals surface area contributed by atoms with Gasteiger partial charge in [0.25, 0.3) is 5.56 Å². The first-order valence-electron chi connectivity index (χ1n) is 5.94. The standard InChI is InChI=1S/C12H19N3O3S/c1-9(5-6-19(2)18)14-11(16)8-15-7-10(13)3-4-12(15)17/h3-4,7,9H,5-6,8,13H2,1-2H3,(H,14,16). The second-order valence-electron chi connectivity index (χ2n) is 4.46. The number of nitrogens with zero attached hydrogens (tertiary/aromatic N) is 1. The van der Waals surface area contributed by atoms with E-state index in [-0.39, 0.29) is 24.1 Å². The molecule has 7 heteroatoms. The maximum Gasteiger partial charge on any atom is 0.251 e. The van der Waals surface area contributed by atoms with Crippen LogP contribution in [-0.2, 0) is 22.1 Å². The van der Waals surface area contributed by atoms with Crippen LogP contribution in [0.3, 0.4) is 0 Å². The van der Waals surface area contributed by atoms with E-state index in [0.717, 1.165) is 0 Å². The third kappa shape index (κ3) is 5.69. The molecule has 0 fully saturated rings. The first-order valence-corrected chi connectivity index (χ1v) is 7.66. The minimum Gasteiger partial charge on any atom is -0.398 e. The number of pyridine rings is 1. The fourth-order valence-electron chi connectivity index (χ4n) is 1.56. The minimum absolute atomic E-state index is 0.0660. The Bertz CT molecular complexity index is 527. The topological polar surface area (TPSA) is 94.2 Å². The molecule has 0 spiro atoms. The van der Waals surface area contributed by atoms with Crippen molar-refractivity contribution >= 4 is 22.4 Å². The van der Waals surface area contributed by atoms with Crippen LogP contribution in [0.1, 0.15) is 13.3 Å². The molecule has 19 heavy (non-hydrogen) atoms. The average molecular weight is 285 g/mol. The summed E-state index contributed by atoms with van der Waals surface area (Å²) in [7, 11) is -0.869. The number of nitrogen functional groups attached to an aromatic ring is 1. The summed E-state index contributed by atoms with van der Waals surface area (Å²) in [5, 5.41) is 2.76. The van der Waals surface area contributed by atoms with Gasteiger partial charge in [-0.05, 0) is 19.4 Å². The highest BCUT2D eigenvalue weighted by atomic mass is 32.2. The summed E-state index contributed by atoms with van der Waals surface area (Å²) in [5.74, 6) is 0.279. The van der Waals surface area contributed by atoms with Gasteiger partial charge in [-0.1, -0.05) is 0 Å². The molecule has 106 valence electrons. The summed E-state index contributed by atoms with van der Waals surface area (Å²) in [5.41, 5.74) is 5.72. The summed E-state index contributed by atoms with van der Waals surface area (Å²) < 4.78 is 12.2. The van der Waals surface area contributed by atoms with Gasteiger partial charge in [0.15, 0.2) is 0 Å². The molecule has 0 aromatic carbocycles. The Kier molecular flexibility index (Phi) is 5.75. The number of nitrogens with one attached hydrogen (secondary N) is 1. The molecule has 1 rings (SSSR count). The molecule has 0 saturated heterocycles. The molecule has 0 saturated carbocycles. The van der Waals surface area contributed by atoms with Crippen molar-refractivity contribution in [3.05, 3.63) is 28.7 Å². The molecule has 0 aliphatic carbocycles. The van der Waals surface area contributed by atoms with Crippen molar-refractivity contribution in [2.45, 2.75) is 25.9 Å². The summed E-state index contributed by atoms with van der Waals surface area (Å²) in [6, 6.07) is 2.75. The normalized spacial score (nSPS) is 13.8. The summed E-state index contributed by atoms with van der Waals surface area (Å²) in [6.07, 6.45) is 3.70. The number of rotatable bonds is 6. The van der Waals surface area contributed by atoms with Crippen molar-refractivity contribution in [1.82, 2.24) is 9.88 Å². The van der Waals surface area contributed by atoms with E-state index in [0.29, 0.717) is 17.9 Å². The number of anilines is 1. The van der Waals surface area contributed by atoms with Crippen LogP contribution in [0.15, 0.2) is 23.1 Å². The van der Waals surface area contributed by atoms with E-state index in [1.54, 1.807) is 6.26 Å². The zero-order valence-corrected chi connectivity index (χ0v) is 11.9. The number of nitrogens with two attached hydrogens (primary N) is 1. The number of amides is 1. The predicted molar refractivity (Wildman–Crippen MR) is 76.3 cm³/mol. The Morgan fingerprint density at radius 3 is 2.84 bits per heavy atom. The summed E-state index contributed by atoms with van der Waals surface area (Å²) in [6.45, 7) is 1.77. The van der Waals surface area contributed by atoms with Crippen molar-refractivity contribution in [3.63, 3.8) is 0 Å². The van der Waals surface area contributed by atoms with Crippen molar-refractivity contribution in [3.8, 4) is 0 Å². The molecule has 3 N–H and O–H groups in total. The van der Waals surface area contributed by atoms with Gasteiger partial charge < -0.3 is 15.6 Å². The van der Waals surface area contributed by atoms with Crippen LogP contribution in [0.2, 0.25) is 0 Å². The lowest BCUT2D eigenvalue weighted by atomic mass is 10.2. The molecule has 2 unspecified atom stereocenters. The van der Waals surface area contributed by atoms with Crippen LogP contribution in [0.4, 0.5) is 5.69 Å². The van der Waals surface area contributed by atoms with Crippen LogP contribution < -0.4 is 16.6 Å². The molecule has 1 heterocycles. The van der Waals surface area contributed by atoms with E-state index >= 15 is 0 Å². The van der Waals surface area contributed by atoms with E-state index in [4.69, 9.17) is 5.73 Å². The van der Waals surface area contributed by atoms with Crippen molar-refractivity contribution in [2.75, 3.05) is 17.7 Å². The molecule has 1 amide bonds. The predicted octanol–water partition coefficient (Wildman–Crippen LogP) is -0.296. The summed E-state index contributed by atoms with van der Waals surface area (Å²) in [4.78, 5) is 23.2. The maximum atomic E-state index is 11.7. The molecule has 0 bridgehead atoms. The Morgan fingerprint density at radius 2 is 2.21 bits per heavy atom. The van der Waals surface area contributed by atoms with Gasteiger partial charge in [-0.2, -0.15) is 0 Å². The molecule has 0 radical (unpaired) electrons. The van der Waals surface area contributed by atoms with Crippen LogP contribution in [-0.4, -0.2) is 32.7 Å². The largest absolute Gasteiger partial charge is 0.398 e. The van der Waals surface area contributed by atoms with Gasteiger partial charge in [-0.3, -0.25) is 13.8 Å². The molecule has 1 aromatic rings. The maximum absolute atomic E-state index is 11.7. The molecular formula is C12H19N3O3S. The number of carbonyl (C=O) groups excluding carboxylic acids is 1. The highest BCUT2D eigenvalue weighted by Gasteiger charge is 2.09. The lowest BCUT2D eigenvalue weighted by Crippen LogP contribution is -2.37. The van der Waals surface area contributed by atoms with Gasteiger partial charge in [-0.15, -0.1) is 0 Å². The van der Waals surface area contributed by atoms with E-state index in [2.05, 4.69) is 5.32 Å². The average Bonchev–Trinajstić information content (AvgIpc) is 2.31. The van der Waals surface area contributed by atoms with Gasteiger partial charge in [0.05, 0.1) is 0 Å². The van der Waals surface area contributed by atoms with Gasteiger partial charge in [-0.25, -0.2) is 0 Å². The van der Waals surface area contributed by atoms with Crippen molar-refractivity contribution in [1.29, 1.82) is 0 Å². The van der Waals surface area contributed by atoms with Gasteiger partial charge in [0.1, 0.15) is 6.54 Å². The van der Waals surface area contributed by atoms with E-state index in [1.165, 1.54) is 22.9 Å². The van der Waals surface area contributed by atoms with Crippen LogP contribution in [0, 0.1) is 0 Å². The quantitative estimate of drug-likeness (QED) is 0.750. The fourth-order valence-corrected chi connectivity index (χ4v) is 2.25. The third-order valence-corrected chi connectivity index (χ3v) is 3.38. The minimum atomic E-state index is -0.869. The highest BCUT2D eigenvalue weighted by Crippen LogP contribution is 1.97. The number of hydrogen-bond donors (Lipinski definition) is 2. The molecule has 0 aliphatic heterocycles. The smallest absolute Gasteiger partial charge is 0.251 e. The molecular weight excluding hydrogens is 266 g/mol. The molecule has 2 atom stereocenters. The van der Waals surface area contributed by atoms with E-state index in [1.807, 2.05) is 6.92 Å².